The second kappa shape index (κ2) is 14.6. The predicted molar refractivity (Wildman–Crippen MR) is 210 cm³/mol. The molecule has 8 rings (SSSR count). The third-order valence-corrected chi connectivity index (χ3v) is 11.2. The number of fused-ring (bicyclic) bond motifs is 6. The van der Waals surface area contributed by atoms with Gasteiger partial charge in [-0.25, -0.2) is 14.8 Å². The van der Waals surface area contributed by atoms with Crippen molar-refractivity contribution in [1.29, 1.82) is 0 Å². The second-order valence-electron chi connectivity index (χ2n) is 15.6. The molecule has 4 amide bonds. The van der Waals surface area contributed by atoms with Crippen LogP contribution in [-0.2, 0) is 19.1 Å². The molecule has 2 aliphatic heterocycles. The Bertz CT molecular complexity index is 2500. The average molecular weight is 762 g/mol. The number of rotatable bonds is 9. The van der Waals surface area contributed by atoms with Crippen molar-refractivity contribution in [2.45, 2.75) is 84.5 Å². The van der Waals surface area contributed by atoms with E-state index in [9.17, 15) is 19.2 Å². The van der Waals surface area contributed by atoms with Crippen LogP contribution in [0.2, 0.25) is 0 Å². The van der Waals surface area contributed by atoms with E-state index in [0.29, 0.717) is 41.6 Å². The lowest BCUT2D eigenvalue weighted by Gasteiger charge is -2.30. The van der Waals surface area contributed by atoms with Crippen molar-refractivity contribution in [1.82, 2.24) is 45.4 Å². The summed E-state index contributed by atoms with van der Waals surface area (Å²) in [7, 11) is 1.28. The van der Waals surface area contributed by atoms with Crippen LogP contribution in [0.4, 0.5) is 4.79 Å². The summed E-state index contributed by atoms with van der Waals surface area (Å²) in [6.45, 7) is 10.3. The van der Waals surface area contributed by atoms with Crippen LogP contribution in [0.25, 0.3) is 55.3 Å². The SMILES string of the molecule is COC(=O)N[C@H](C(=O)N1CCC[C@H]1c1nc2cnc3cc(-c4cc5ccc6nc([C@@H]7CCCN7C(=O)[C@@H](NC(C)=O)C(C)C)[nH]c6c5o4)ccc3c2[nH]1)C(C)C. The Hall–Kier alpha value is -5.99. The van der Waals surface area contributed by atoms with Crippen LogP contribution < -0.4 is 10.6 Å². The maximum atomic E-state index is 13.7. The molecule has 292 valence electrons. The van der Waals surface area contributed by atoms with Gasteiger partial charge < -0.3 is 39.6 Å². The van der Waals surface area contributed by atoms with Crippen LogP contribution in [0.5, 0.6) is 0 Å². The highest BCUT2D eigenvalue weighted by Crippen LogP contribution is 2.38. The lowest BCUT2D eigenvalue weighted by atomic mass is 10.0. The van der Waals surface area contributed by atoms with Gasteiger partial charge in [-0.05, 0) is 67.9 Å². The van der Waals surface area contributed by atoms with Crippen molar-refractivity contribution >= 4 is 67.8 Å². The van der Waals surface area contributed by atoms with E-state index in [2.05, 4.69) is 20.6 Å². The summed E-state index contributed by atoms with van der Waals surface area (Å²) in [6.07, 6.45) is 4.27. The van der Waals surface area contributed by atoms with Crippen LogP contribution in [0.3, 0.4) is 0 Å². The lowest BCUT2D eigenvalue weighted by molar-refractivity contribution is -0.138. The van der Waals surface area contributed by atoms with E-state index < -0.39 is 18.2 Å². The zero-order chi connectivity index (χ0) is 39.4. The molecule has 0 unspecified atom stereocenters. The fraction of sp³-hybridized carbons (Fsp3) is 0.439. The number of hydrogen-bond acceptors (Lipinski definition) is 9. The first-order valence-corrected chi connectivity index (χ1v) is 19.3. The highest BCUT2D eigenvalue weighted by atomic mass is 16.5. The third-order valence-electron chi connectivity index (χ3n) is 11.2. The number of ether oxygens (including phenoxy) is 1. The van der Waals surface area contributed by atoms with Gasteiger partial charge in [0, 0.05) is 36.3 Å². The molecule has 0 saturated carbocycles. The van der Waals surface area contributed by atoms with Crippen LogP contribution in [0.1, 0.15) is 84.0 Å². The minimum Gasteiger partial charge on any atom is -0.454 e. The Morgan fingerprint density at radius 2 is 1.43 bits per heavy atom. The average Bonchev–Trinajstić information content (AvgIpc) is 4.02. The van der Waals surface area contributed by atoms with Gasteiger partial charge in [-0.15, -0.1) is 0 Å². The number of amides is 4. The predicted octanol–water partition coefficient (Wildman–Crippen LogP) is 6.27. The number of carbonyl (C=O) groups excluding carboxylic acids is 4. The molecule has 0 bridgehead atoms. The van der Waals surface area contributed by atoms with Crippen molar-refractivity contribution < 1.29 is 28.3 Å². The number of methoxy groups -OCH3 is 1. The summed E-state index contributed by atoms with van der Waals surface area (Å²) in [5.74, 6) is 1.38. The molecule has 0 radical (unpaired) electrons. The minimum absolute atomic E-state index is 0.0558. The molecule has 2 aromatic carbocycles. The van der Waals surface area contributed by atoms with Gasteiger partial charge in [0.1, 0.15) is 40.5 Å². The van der Waals surface area contributed by atoms with E-state index in [-0.39, 0.29) is 41.6 Å². The number of likely N-dealkylation sites (tertiary alicyclic amines) is 2. The summed E-state index contributed by atoms with van der Waals surface area (Å²) in [4.78, 5) is 76.4. The maximum absolute atomic E-state index is 13.7. The minimum atomic E-state index is -0.717. The van der Waals surface area contributed by atoms with Gasteiger partial charge in [0.2, 0.25) is 17.7 Å². The number of aromatic amines is 2. The van der Waals surface area contributed by atoms with Crippen molar-refractivity contribution in [2.75, 3.05) is 20.2 Å². The molecule has 6 aromatic rings. The molecule has 56 heavy (non-hydrogen) atoms. The Labute approximate surface area is 322 Å². The topological polar surface area (TPSA) is 191 Å². The van der Waals surface area contributed by atoms with Gasteiger partial charge in [0.05, 0.1) is 41.9 Å². The number of benzene rings is 2. The number of aromatic nitrogens is 5. The molecule has 4 N–H and O–H groups in total. The van der Waals surface area contributed by atoms with Crippen LogP contribution >= 0.6 is 0 Å². The van der Waals surface area contributed by atoms with Gasteiger partial charge >= 0.3 is 6.09 Å². The molecular weight excluding hydrogens is 715 g/mol. The quantitative estimate of drug-likeness (QED) is 0.132. The first kappa shape index (κ1) is 37.0. The number of pyridine rings is 1. The van der Waals surface area contributed by atoms with Gasteiger partial charge in [0.15, 0.2) is 5.58 Å². The van der Waals surface area contributed by atoms with Gasteiger partial charge in [0.25, 0.3) is 0 Å². The smallest absolute Gasteiger partial charge is 0.407 e. The number of imidazole rings is 2. The van der Waals surface area contributed by atoms with Gasteiger partial charge in [-0.1, -0.05) is 33.8 Å². The summed E-state index contributed by atoms with van der Waals surface area (Å²) in [6, 6.07) is 10.1. The fourth-order valence-electron chi connectivity index (χ4n) is 8.31. The molecule has 2 fully saturated rings. The monoisotopic (exact) mass is 761 g/mol. The molecule has 6 heterocycles. The van der Waals surface area contributed by atoms with Gasteiger partial charge in [-0.3, -0.25) is 19.4 Å². The summed E-state index contributed by atoms with van der Waals surface area (Å²) in [5, 5.41) is 7.33. The van der Waals surface area contributed by atoms with E-state index >= 15 is 0 Å². The van der Waals surface area contributed by atoms with Crippen molar-refractivity contribution in [3.63, 3.8) is 0 Å². The van der Waals surface area contributed by atoms with Crippen molar-refractivity contribution in [3.05, 3.63) is 54.2 Å². The second-order valence-corrected chi connectivity index (χ2v) is 15.6. The Kier molecular flexibility index (Phi) is 9.63. The van der Waals surface area contributed by atoms with Crippen LogP contribution in [0, 0.1) is 11.8 Å². The number of hydrogen-bond donors (Lipinski definition) is 4. The van der Waals surface area contributed by atoms with Crippen molar-refractivity contribution in [3.8, 4) is 11.3 Å². The summed E-state index contributed by atoms with van der Waals surface area (Å²) in [5.41, 5.74) is 5.31. The standard InChI is InChI=1S/C41H47N9O6/c1-20(2)32(43-22(5)51)39(52)49-15-7-9-29(49)37-44-26-14-12-24-18-31(56-36(24)35(26)47-37)23-11-13-25-27(17-23)42-19-28-34(25)46-38(45-28)30-10-8-16-50(30)40(53)33(21(3)4)48-41(54)55-6/h11-14,17-21,29-30,32-33H,7-10,15-16H2,1-6H3,(H,43,51)(H,44,47)(H,45,46)(H,48,54)/t29-,30-,32-,33-/m0/s1. The molecule has 2 saturated heterocycles. The number of H-pyrrole nitrogens is 2. The first-order chi connectivity index (χ1) is 26.9. The molecular formula is C41H47N9O6. The third kappa shape index (κ3) is 6.58. The zero-order valence-electron chi connectivity index (χ0n) is 32.4. The lowest BCUT2D eigenvalue weighted by Crippen LogP contribution is -2.51. The number of alkyl carbamates (subject to hydrolysis) is 1. The molecule has 4 atom stereocenters. The highest BCUT2D eigenvalue weighted by Gasteiger charge is 2.39. The fourth-order valence-corrected chi connectivity index (χ4v) is 8.31. The first-order valence-electron chi connectivity index (χ1n) is 19.3. The highest BCUT2D eigenvalue weighted by molar-refractivity contribution is 6.05. The summed E-state index contributed by atoms with van der Waals surface area (Å²) < 4.78 is 11.3. The van der Waals surface area contributed by atoms with Crippen molar-refractivity contribution in [2.24, 2.45) is 11.8 Å². The van der Waals surface area contributed by atoms with Gasteiger partial charge in [-0.2, -0.15) is 0 Å². The molecule has 4 aromatic heterocycles. The van der Waals surface area contributed by atoms with E-state index in [0.717, 1.165) is 64.1 Å². The maximum Gasteiger partial charge on any atom is 0.407 e. The molecule has 2 aliphatic rings. The number of nitrogens with zero attached hydrogens (tertiary/aromatic N) is 5. The Morgan fingerprint density at radius 3 is 2.05 bits per heavy atom. The number of furan rings is 1. The van der Waals surface area contributed by atoms with Crippen LogP contribution in [0.15, 0.2) is 47.0 Å². The number of carbonyl (C=O) groups is 4. The van der Waals surface area contributed by atoms with E-state index in [1.807, 2.05) is 69.0 Å². The van der Waals surface area contributed by atoms with E-state index in [4.69, 9.17) is 24.1 Å². The summed E-state index contributed by atoms with van der Waals surface area (Å²) >= 11 is 0. The Balaban J connectivity index is 1.07. The normalized spacial score (nSPS) is 18.5. The van der Waals surface area contributed by atoms with Crippen LogP contribution in [-0.4, -0.2) is 90.8 Å². The molecule has 0 aliphatic carbocycles. The molecule has 15 nitrogen and oxygen atoms in total. The Morgan fingerprint density at radius 1 is 0.804 bits per heavy atom. The molecule has 15 heteroatoms. The number of nitrogens with one attached hydrogen (secondary N) is 4. The zero-order valence-corrected chi connectivity index (χ0v) is 32.4. The molecule has 0 spiro atoms. The van der Waals surface area contributed by atoms with E-state index in [1.54, 1.807) is 11.1 Å². The largest absolute Gasteiger partial charge is 0.454 e. The van der Waals surface area contributed by atoms with E-state index in [1.165, 1.54) is 14.0 Å².